The molecule has 0 aliphatic carbocycles. The summed E-state index contributed by atoms with van der Waals surface area (Å²) >= 11 is 0. The van der Waals surface area contributed by atoms with Crippen molar-refractivity contribution in [1.29, 1.82) is 0 Å². The van der Waals surface area contributed by atoms with Crippen LogP contribution in [0.1, 0.15) is 37.7 Å². The van der Waals surface area contributed by atoms with E-state index in [4.69, 9.17) is 0 Å². The Hall–Kier alpha value is -2.05. The van der Waals surface area contributed by atoms with Gasteiger partial charge in [-0.1, -0.05) is 0 Å². The molecule has 0 saturated carbocycles. The molecule has 2 aliphatic heterocycles. The summed E-state index contributed by atoms with van der Waals surface area (Å²) in [5.74, 6) is 1.49. The molecule has 2 aliphatic rings. The molecule has 7 heteroatoms. The molecule has 3 heterocycles. The first kappa shape index (κ1) is 16.8. The average molecular weight is 332 g/mol. The van der Waals surface area contributed by atoms with Crippen molar-refractivity contribution in [2.45, 2.75) is 32.1 Å². The van der Waals surface area contributed by atoms with E-state index in [0.717, 1.165) is 57.9 Å². The van der Waals surface area contributed by atoms with Crippen LogP contribution in [0.3, 0.4) is 0 Å². The van der Waals surface area contributed by atoms with Crippen LogP contribution in [0.4, 0.5) is 0 Å². The van der Waals surface area contributed by atoms with Crippen LogP contribution < -0.4 is 5.32 Å². The summed E-state index contributed by atoms with van der Waals surface area (Å²) < 4.78 is 1.85. The second kappa shape index (κ2) is 7.68. The van der Waals surface area contributed by atoms with Crippen molar-refractivity contribution in [3.63, 3.8) is 0 Å². The van der Waals surface area contributed by atoms with Gasteiger partial charge in [-0.3, -0.25) is 9.48 Å². The predicted octanol–water partition coefficient (Wildman–Crippen LogP) is 0.797. The topological polar surface area (TPSA) is 65.8 Å². The number of guanidine groups is 1. The number of hydrogen-bond donors (Lipinski definition) is 1. The number of aryl methyl sites for hydroxylation is 1. The number of aromatic nitrogens is 2. The van der Waals surface area contributed by atoms with Gasteiger partial charge in [-0.15, -0.1) is 0 Å². The third-order valence-corrected chi connectivity index (χ3v) is 4.84. The molecule has 1 aromatic rings. The molecule has 2 fully saturated rings. The maximum Gasteiger partial charge on any atom is 0.244 e. The Labute approximate surface area is 143 Å². The molecule has 0 radical (unpaired) electrons. The van der Waals surface area contributed by atoms with Crippen molar-refractivity contribution in [2.75, 3.05) is 39.3 Å². The van der Waals surface area contributed by atoms with Gasteiger partial charge in [0.15, 0.2) is 5.96 Å². The van der Waals surface area contributed by atoms with Crippen LogP contribution in [0.5, 0.6) is 0 Å². The minimum atomic E-state index is 0.144. The second-order valence-corrected chi connectivity index (χ2v) is 6.64. The van der Waals surface area contributed by atoms with Crippen LogP contribution in [-0.4, -0.2) is 70.7 Å². The van der Waals surface area contributed by atoms with Gasteiger partial charge in [0.1, 0.15) is 6.54 Å². The summed E-state index contributed by atoms with van der Waals surface area (Å²) in [4.78, 5) is 21.0. The van der Waals surface area contributed by atoms with E-state index in [1.54, 1.807) is 0 Å². The Kier molecular flexibility index (Phi) is 5.37. The molecule has 7 nitrogen and oxygen atoms in total. The maximum atomic E-state index is 12.2. The number of nitrogens with one attached hydrogen (secondary N) is 1. The van der Waals surface area contributed by atoms with Crippen LogP contribution in [0.2, 0.25) is 0 Å². The molecule has 1 aromatic heterocycles. The molecule has 1 unspecified atom stereocenters. The highest BCUT2D eigenvalue weighted by Gasteiger charge is 2.27. The Balaban J connectivity index is 1.60. The number of carbonyl (C=O) groups is 1. The Morgan fingerprint density at radius 1 is 1.33 bits per heavy atom. The first-order valence-electron chi connectivity index (χ1n) is 8.97. The number of amides is 1. The lowest BCUT2D eigenvalue weighted by Gasteiger charge is -2.22. The van der Waals surface area contributed by atoms with Gasteiger partial charge >= 0.3 is 0 Å². The second-order valence-electron chi connectivity index (χ2n) is 6.64. The van der Waals surface area contributed by atoms with E-state index in [9.17, 15) is 4.79 Å². The summed E-state index contributed by atoms with van der Waals surface area (Å²) in [6, 6.07) is 0. The van der Waals surface area contributed by atoms with Gasteiger partial charge in [-0.2, -0.15) is 5.10 Å². The molecule has 24 heavy (non-hydrogen) atoms. The van der Waals surface area contributed by atoms with Gasteiger partial charge in [0.05, 0.1) is 6.20 Å². The zero-order valence-corrected chi connectivity index (χ0v) is 14.7. The summed E-state index contributed by atoms with van der Waals surface area (Å²) in [7, 11) is 1.95. The molecule has 2 saturated heterocycles. The molecule has 0 spiro atoms. The number of nitrogens with zero attached hydrogens (tertiary/aromatic N) is 5. The molecule has 0 aromatic carbocycles. The smallest absolute Gasteiger partial charge is 0.244 e. The fraction of sp³-hybridized carbons (Fsp3) is 0.706. The van der Waals surface area contributed by atoms with Crippen LogP contribution in [0.15, 0.2) is 17.4 Å². The fourth-order valence-corrected chi connectivity index (χ4v) is 3.51. The summed E-state index contributed by atoms with van der Waals surface area (Å²) in [5, 5.41) is 7.61. The van der Waals surface area contributed by atoms with Gasteiger partial charge in [0.25, 0.3) is 0 Å². The van der Waals surface area contributed by atoms with E-state index in [1.807, 2.05) is 22.8 Å². The van der Waals surface area contributed by atoms with Crippen molar-refractivity contribution < 1.29 is 4.79 Å². The zero-order valence-electron chi connectivity index (χ0n) is 14.7. The first-order valence-corrected chi connectivity index (χ1v) is 8.97. The largest absolute Gasteiger partial charge is 0.357 e. The van der Waals surface area contributed by atoms with Crippen molar-refractivity contribution in [3.05, 3.63) is 18.0 Å². The number of rotatable bonds is 4. The summed E-state index contributed by atoms with van der Waals surface area (Å²) in [6.45, 7) is 6.78. The Morgan fingerprint density at radius 2 is 2.12 bits per heavy atom. The molecule has 1 N–H and O–H groups in total. The Bertz CT molecular complexity index is 590. The van der Waals surface area contributed by atoms with Gasteiger partial charge < -0.3 is 15.1 Å². The normalized spacial score (nSPS) is 21.6. The lowest BCUT2D eigenvalue weighted by Crippen LogP contribution is -2.41. The van der Waals surface area contributed by atoms with E-state index in [0.29, 0.717) is 5.92 Å². The van der Waals surface area contributed by atoms with E-state index in [1.165, 1.54) is 5.56 Å². The van der Waals surface area contributed by atoms with E-state index < -0.39 is 0 Å². The molecule has 1 amide bonds. The van der Waals surface area contributed by atoms with Gasteiger partial charge in [-0.05, 0) is 31.7 Å². The molecule has 1 atom stereocenters. The number of hydrogen-bond acceptors (Lipinski definition) is 3. The molecular formula is C17H28N6O. The lowest BCUT2D eigenvalue weighted by atomic mass is 10.0. The molecular weight excluding hydrogens is 304 g/mol. The predicted molar refractivity (Wildman–Crippen MR) is 93.9 cm³/mol. The van der Waals surface area contributed by atoms with Crippen LogP contribution in [-0.2, 0) is 11.8 Å². The monoisotopic (exact) mass is 332 g/mol. The fourth-order valence-electron chi connectivity index (χ4n) is 3.51. The molecule has 0 bridgehead atoms. The molecule has 132 valence electrons. The first-order chi connectivity index (χ1) is 11.7. The highest BCUT2D eigenvalue weighted by atomic mass is 16.2. The van der Waals surface area contributed by atoms with Gasteiger partial charge in [0.2, 0.25) is 5.91 Å². The van der Waals surface area contributed by atoms with Crippen LogP contribution >= 0.6 is 0 Å². The van der Waals surface area contributed by atoms with Crippen molar-refractivity contribution >= 4 is 11.9 Å². The minimum absolute atomic E-state index is 0.144. The van der Waals surface area contributed by atoms with Crippen molar-refractivity contribution in [3.8, 4) is 0 Å². The standard InChI is InChI=1S/C17H28N6O/c1-3-18-17(19-11-16(24)22-7-4-5-8-22)23-9-6-14(13-23)15-10-20-21(2)12-15/h10,12,14H,3-9,11,13H2,1-2H3,(H,18,19). The zero-order chi connectivity index (χ0) is 16.9. The third-order valence-electron chi connectivity index (χ3n) is 4.84. The minimum Gasteiger partial charge on any atom is -0.357 e. The number of likely N-dealkylation sites (tertiary alicyclic amines) is 2. The highest BCUT2D eigenvalue weighted by molar-refractivity contribution is 5.85. The average Bonchev–Trinajstić information content (AvgIpc) is 3.30. The van der Waals surface area contributed by atoms with Crippen LogP contribution in [0, 0.1) is 0 Å². The summed E-state index contributed by atoms with van der Waals surface area (Å²) in [5.41, 5.74) is 1.28. The van der Waals surface area contributed by atoms with Crippen molar-refractivity contribution in [1.82, 2.24) is 24.9 Å². The third kappa shape index (κ3) is 3.88. The highest BCUT2D eigenvalue weighted by Crippen LogP contribution is 2.26. The van der Waals surface area contributed by atoms with E-state index in [-0.39, 0.29) is 12.5 Å². The van der Waals surface area contributed by atoms with E-state index in [2.05, 4.69) is 33.4 Å². The SMILES string of the molecule is CCNC(=NCC(=O)N1CCCC1)N1CCC(c2cnn(C)c2)C1. The van der Waals surface area contributed by atoms with Gasteiger partial charge in [-0.25, -0.2) is 4.99 Å². The lowest BCUT2D eigenvalue weighted by molar-refractivity contribution is -0.128. The molecule has 3 rings (SSSR count). The quantitative estimate of drug-likeness (QED) is 0.654. The van der Waals surface area contributed by atoms with Crippen LogP contribution in [0.25, 0.3) is 0 Å². The number of aliphatic imine (C=N–C) groups is 1. The van der Waals surface area contributed by atoms with E-state index >= 15 is 0 Å². The Morgan fingerprint density at radius 3 is 2.79 bits per heavy atom. The number of carbonyl (C=O) groups excluding carboxylic acids is 1. The summed E-state index contributed by atoms with van der Waals surface area (Å²) in [6.07, 6.45) is 7.38. The maximum absolute atomic E-state index is 12.2. The van der Waals surface area contributed by atoms with Crippen molar-refractivity contribution in [2.24, 2.45) is 12.0 Å². The van der Waals surface area contributed by atoms with Gasteiger partial charge in [0, 0.05) is 51.9 Å².